The number of hydrogen-bond donors (Lipinski definition) is 1. The number of hydrogen-bond acceptors (Lipinski definition) is 5. The fourth-order valence-corrected chi connectivity index (χ4v) is 2.58. The third-order valence-corrected chi connectivity index (χ3v) is 3.84. The van der Waals surface area contributed by atoms with Gasteiger partial charge in [0.05, 0.1) is 11.5 Å². The summed E-state index contributed by atoms with van der Waals surface area (Å²) >= 11 is 0. The second-order valence-corrected chi connectivity index (χ2v) is 6.45. The Bertz CT molecular complexity index is 889. The van der Waals surface area contributed by atoms with Crippen LogP contribution in [-0.2, 0) is 6.42 Å². The number of furan rings is 1. The molecule has 3 rings (SSSR count). The first kappa shape index (κ1) is 16.2. The number of H-pyrrole nitrogens is 1. The zero-order valence-electron chi connectivity index (χ0n) is 14.3. The fourth-order valence-electron chi connectivity index (χ4n) is 2.58. The van der Waals surface area contributed by atoms with E-state index in [4.69, 9.17) is 8.94 Å². The molecule has 0 fully saturated rings. The number of rotatable bonds is 5. The largest absolute Gasteiger partial charge is 0.466 e. The number of nitrogens with one attached hydrogen (secondary N) is 1. The van der Waals surface area contributed by atoms with Gasteiger partial charge in [0.25, 0.3) is 5.56 Å². The Hall–Kier alpha value is -2.63. The van der Waals surface area contributed by atoms with Crippen molar-refractivity contribution in [2.75, 3.05) is 0 Å². The molecule has 1 atom stereocenters. The summed E-state index contributed by atoms with van der Waals surface area (Å²) in [7, 11) is 0. The fraction of sp³-hybridized carbons (Fsp3) is 0.389. The van der Waals surface area contributed by atoms with E-state index in [0.29, 0.717) is 17.4 Å². The average molecular weight is 327 g/mol. The van der Waals surface area contributed by atoms with Gasteiger partial charge in [0.15, 0.2) is 0 Å². The normalized spacial score (nSPS) is 12.7. The molecule has 0 radical (unpaired) electrons. The number of aromatic nitrogens is 3. The summed E-state index contributed by atoms with van der Waals surface area (Å²) in [5.74, 6) is 2.60. The number of nitrogens with zero attached hydrogens (tertiary/aromatic N) is 2. The molecule has 0 aliphatic rings. The molecule has 0 aromatic carbocycles. The summed E-state index contributed by atoms with van der Waals surface area (Å²) in [6.07, 6.45) is 0.821. The Morgan fingerprint density at radius 2 is 1.96 bits per heavy atom. The highest BCUT2D eigenvalue weighted by Gasteiger charge is 2.21. The molecule has 6 nitrogen and oxygen atoms in total. The van der Waals surface area contributed by atoms with E-state index in [-0.39, 0.29) is 17.3 Å². The maximum absolute atomic E-state index is 12.3. The van der Waals surface area contributed by atoms with Crippen molar-refractivity contribution in [1.29, 1.82) is 0 Å². The van der Waals surface area contributed by atoms with Gasteiger partial charge in [-0.05, 0) is 50.5 Å². The van der Waals surface area contributed by atoms with Crippen LogP contribution in [0.2, 0.25) is 0 Å². The van der Waals surface area contributed by atoms with Gasteiger partial charge in [-0.15, -0.1) is 0 Å². The molecule has 3 heterocycles. The van der Waals surface area contributed by atoms with Crippen LogP contribution in [0, 0.1) is 12.8 Å². The molecule has 126 valence electrons. The SMILES string of the molecule is Cc1ccc(C(C)c2nc(-c3ccc(CC(C)C)[nH]c3=O)no2)o1. The molecule has 0 aliphatic heterocycles. The first-order valence-corrected chi connectivity index (χ1v) is 8.06. The second kappa shape index (κ2) is 6.47. The maximum Gasteiger partial charge on any atom is 0.259 e. The Balaban J connectivity index is 1.86. The van der Waals surface area contributed by atoms with Gasteiger partial charge >= 0.3 is 0 Å². The van der Waals surface area contributed by atoms with Crippen LogP contribution in [0.5, 0.6) is 0 Å². The summed E-state index contributed by atoms with van der Waals surface area (Å²) in [5.41, 5.74) is 1.10. The molecule has 3 aromatic heterocycles. The van der Waals surface area contributed by atoms with E-state index in [1.54, 1.807) is 6.07 Å². The predicted octanol–water partition coefficient (Wildman–Crippen LogP) is 3.68. The summed E-state index contributed by atoms with van der Waals surface area (Å²) < 4.78 is 10.9. The Morgan fingerprint density at radius 3 is 2.58 bits per heavy atom. The number of aryl methyl sites for hydroxylation is 1. The molecule has 1 unspecified atom stereocenters. The summed E-state index contributed by atoms with van der Waals surface area (Å²) in [6.45, 7) is 8.02. The summed E-state index contributed by atoms with van der Waals surface area (Å²) in [5, 5.41) is 3.94. The van der Waals surface area contributed by atoms with Crippen LogP contribution in [0.25, 0.3) is 11.4 Å². The molecule has 0 aliphatic carbocycles. The Kier molecular flexibility index (Phi) is 4.38. The van der Waals surface area contributed by atoms with Crippen LogP contribution < -0.4 is 5.56 Å². The van der Waals surface area contributed by atoms with Gasteiger partial charge in [0.1, 0.15) is 11.5 Å². The molecule has 0 saturated carbocycles. The van der Waals surface area contributed by atoms with E-state index in [2.05, 4.69) is 29.0 Å². The number of aromatic amines is 1. The van der Waals surface area contributed by atoms with Crippen molar-refractivity contribution in [3.05, 3.63) is 57.7 Å². The third-order valence-electron chi connectivity index (χ3n) is 3.84. The second-order valence-electron chi connectivity index (χ2n) is 6.45. The van der Waals surface area contributed by atoms with Crippen LogP contribution in [0.4, 0.5) is 0 Å². The van der Waals surface area contributed by atoms with E-state index < -0.39 is 0 Å². The van der Waals surface area contributed by atoms with Crippen molar-refractivity contribution in [2.45, 2.75) is 40.0 Å². The van der Waals surface area contributed by atoms with Gasteiger partial charge < -0.3 is 13.9 Å². The van der Waals surface area contributed by atoms with E-state index in [1.807, 2.05) is 32.0 Å². The summed E-state index contributed by atoms with van der Waals surface area (Å²) in [6, 6.07) is 7.41. The van der Waals surface area contributed by atoms with Crippen molar-refractivity contribution in [3.63, 3.8) is 0 Å². The maximum atomic E-state index is 12.3. The predicted molar refractivity (Wildman–Crippen MR) is 89.9 cm³/mol. The third kappa shape index (κ3) is 3.32. The lowest BCUT2D eigenvalue weighted by atomic mass is 10.1. The van der Waals surface area contributed by atoms with Crippen molar-refractivity contribution < 1.29 is 8.94 Å². The summed E-state index contributed by atoms with van der Waals surface area (Å²) in [4.78, 5) is 19.5. The minimum atomic E-state index is -0.206. The minimum absolute atomic E-state index is 0.167. The first-order valence-electron chi connectivity index (χ1n) is 8.06. The van der Waals surface area contributed by atoms with E-state index in [9.17, 15) is 4.79 Å². The molecule has 3 aromatic rings. The van der Waals surface area contributed by atoms with Crippen LogP contribution in [-0.4, -0.2) is 15.1 Å². The monoisotopic (exact) mass is 327 g/mol. The van der Waals surface area contributed by atoms with Crippen LogP contribution in [0.15, 0.2) is 38.0 Å². The van der Waals surface area contributed by atoms with Crippen LogP contribution in [0.1, 0.15) is 49.8 Å². The lowest BCUT2D eigenvalue weighted by Crippen LogP contribution is -2.13. The zero-order valence-corrected chi connectivity index (χ0v) is 14.3. The van der Waals surface area contributed by atoms with Crippen molar-refractivity contribution >= 4 is 0 Å². The zero-order chi connectivity index (χ0) is 17.3. The van der Waals surface area contributed by atoms with Crippen molar-refractivity contribution in [2.24, 2.45) is 5.92 Å². The molecular formula is C18H21N3O3. The van der Waals surface area contributed by atoms with Gasteiger partial charge in [0, 0.05) is 5.69 Å². The molecule has 0 spiro atoms. The Morgan fingerprint density at radius 1 is 1.17 bits per heavy atom. The van der Waals surface area contributed by atoms with Crippen molar-refractivity contribution in [3.8, 4) is 11.4 Å². The molecule has 6 heteroatoms. The van der Waals surface area contributed by atoms with Gasteiger partial charge in [-0.2, -0.15) is 4.98 Å². The smallest absolute Gasteiger partial charge is 0.259 e. The molecule has 1 N–H and O–H groups in total. The number of pyridine rings is 1. The molecule has 0 saturated heterocycles. The quantitative estimate of drug-likeness (QED) is 0.772. The Labute approximate surface area is 139 Å². The average Bonchev–Trinajstić information content (AvgIpc) is 3.15. The van der Waals surface area contributed by atoms with Crippen LogP contribution in [0.3, 0.4) is 0 Å². The highest BCUT2D eigenvalue weighted by Crippen LogP contribution is 2.25. The highest BCUT2D eigenvalue weighted by atomic mass is 16.5. The van der Waals surface area contributed by atoms with E-state index in [0.717, 1.165) is 23.6 Å². The van der Waals surface area contributed by atoms with Gasteiger partial charge in [0.2, 0.25) is 11.7 Å². The van der Waals surface area contributed by atoms with Gasteiger partial charge in [-0.1, -0.05) is 19.0 Å². The molecule has 0 amide bonds. The van der Waals surface area contributed by atoms with Gasteiger partial charge in [-0.3, -0.25) is 4.79 Å². The molecule has 24 heavy (non-hydrogen) atoms. The lowest BCUT2D eigenvalue weighted by molar-refractivity contribution is 0.352. The first-order chi connectivity index (χ1) is 11.4. The van der Waals surface area contributed by atoms with Crippen molar-refractivity contribution in [1.82, 2.24) is 15.1 Å². The van der Waals surface area contributed by atoms with Gasteiger partial charge in [-0.25, -0.2) is 0 Å². The van der Waals surface area contributed by atoms with E-state index >= 15 is 0 Å². The topological polar surface area (TPSA) is 84.9 Å². The highest BCUT2D eigenvalue weighted by molar-refractivity contribution is 5.52. The minimum Gasteiger partial charge on any atom is -0.466 e. The lowest BCUT2D eigenvalue weighted by Gasteiger charge is -2.04. The van der Waals surface area contributed by atoms with E-state index in [1.165, 1.54) is 0 Å². The standard InChI is InChI=1S/C18H21N3O3/c1-10(2)9-13-6-7-14(17(22)19-13)16-20-18(24-21-16)12(4)15-8-5-11(3)23-15/h5-8,10,12H,9H2,1-4H3,(H,19,22). The van der Waals surface area contributed by atoms with Crippen LogP contribution >= 0.6 is 0 Å². The molecular weight excluding hydrogens is 306 g/mol. The molecule has 0 bridgehead atoms.